The highest BCUT2D eigenvalue weighted by molar-refractivity contribution is 7.89. The Kier molecular flexibility index (Phi) is 8.24. The molecule has 1 amide bonds. The van der Waals surface area contributed by atoms with Gasteiger partial charge in [-0.1, -0.05) is 25.5 Å². The van der Waals surface area contributed by atoms with Crippen LogP contribution >= 0.6 is 0 Å². The first-order valence-corrected chi connectivity index (χ1v) is 14.9. The van der Waals surface area contributed by atoms with Crippen molar-refractivity contribution in [3.8, 4) is 5.75 Å². The molecule has 39 heavy (non-hydrogen) atoms. The lowest BCUT2D eigenvalue weighted by Crippen LogP contribution is -2.56. The van der Waals surface area contributed by atoms with E-state index in [-0.39, 0.29) is 25.5 Å². The number of hydrogen-bond donors (Lipinski definition) is 2. The second-order valence-electron chi connectivity index (χ2n) is 10.0. The first-order valence-electron chi connectivity index (χ1n) is 13.4. The monoisotopic (exact) mass is 557 g/mol. The van der Waals surface area contributed by atoms with Crippen LogP contribution in [0.4, 0.5) is 11.7 Å². The number of piperidine rings is 1. The normalized spacial score (nSPS) is 20.8. The van der Waals surface area contributed by atoms with E-state index in [1.807, 2.05) is 42.5 Å². The average Bonchev–Trinajstić information content (AvgIpc) is 3.42. The summed E-state index contributed by atoms with van der Waals surface area (Å²) in [5, 5.41) is 8.42. The Balaban J connectivity index is 1.26. The number of benzene rings is 2. The van der Waals surface area contributed by atoms with Crippen LogP contribution in [0.5, 0.6) is 5.75 Å². The molecule has 2 aliphatic heterocycles. The van der Waals surface area contributed by atoms with Crippen LogP contribution in [0, 0.1) is 5.92 Å². The summed E-state index contributed by atoms with van der Waals surface area (Å²) in [6.07, 6.45) is 2.19. The maximum Gasteiger partial charge on any atom is 0.298 e. The summed E-state index contributed by atoms with van der Waals surface area (Å²) in [7, 11) is -3.74. The molecular formula is C27H35N5O6S. The molecule has 0 aliphatic carbocycles. The highest BCUT2D eigenvalue weighted by Crippen LogP contribution is 2.31. The van der Waals surface area contributed by atoms with E-state index >= 15 is 0 Å². The van der Waals surface area contributed by atoms with Crippen LogP contribution in [0.1, 0.15) is 26.2 Å². The molecule has 1 aromatic heterocycles. The van der Waals surface area contributed by atoms with Gasteiger partial charge in [0, 0.05) is 45.0 Å². The zero-order valence-electron chi connectivity index (χ0n) is 22.0. The maximum atomic E-state index is 13.8. The molecule has 2 N–H and O–H groups in total. The fourth-order valence-corrected chi connectivity index (χ4v) is 7.14. The van der Waals surface area contributed by atoms with Gasteiger partial charge >= 0.3 is 0 Å². The first kappa shape index (κ1) is 27.2. The van der Waals surface area contributed by atoms with Crippen LogP contribution in [0.25, 0.3) is 11.1 Å². The number of sulfonamides is 1. The topological polar surface area (TPSA) is 128 Å². The van der Waals surface area contributed by atoms with Gasteiger partial charge in [-0.15, -0.1) is 0 Å². The molecule has 2 unspecified atom stereocenters. The molecule has 2 aliphatic rings. The predicted octanol–water partition coefficient (Wildman–Crippen LogP) is 2.86. The number of carbonyl (C=O) groups excluding carboxylic acids is 1. The van der Waals surface area contributed by atoms with Crippen molar-refractivity contribution >= 4 is 38.7 Å². The Morgan fingerprint density at radius 1 is 1.08 bits per heavy atom. The second-order valence-corrected chi connectivity index (χ2v) is 12.2. The summed E-state index contributed by atoms with van der Waals surface area (Å²) in [5.41, 5.74) is 3.94. The average molecular weight is 558 g/mol. The van der Waals surface area contributed by atoms with Crippen LogP contribution in [0.2, 0.25) is 0 Å². The Bertz CT molecular complexity index is 1340. The number of unbranched alkanes of at least 4 members (excludes halogenated alkanes) is 1. The van der Waals surface area contributed by atoms with Crippen LogP contribution in [0.3, 0.4) is 0 Å². The number of anilines is 2. The van der Waals surface area contributed by atoms with Crippen molar-refractivity contribution in [1.29, 1.82) is 0 Å². The van der Waals surface area contributed by atoms with Gasteiger partial charge in [0.2, 0.25) is 15.9 Å². The smallest absolute Gasteiger partial charge is 0.298 e. The van der Waals surface area contributed by atoms with E-state index in [0.29, 0.717) is 43.9 Å². The van der Waals surface area contributed by atoms with Gasteiger partial charge in [-0.2, -0.15) is 9.29 Å². The largest absolute Gasteiger partial charge is 0.494 e. The summed E-state index contributed by atoms with van der Waals surface area (Å²) in [4.78, 5) is 20.7. The Hall–Kier alpha value is -3.35. The lowest BCUT2D eigenvalue weighted by molar-refractivity contribution is -0.133. The van der Waals surface area contributed by atoms with E-state index in [2.05, 4.69) is 16.8 Å². The number of ether oxygens (including phenoxy) is 1. The van der Waals surface area contributed by atoms with E-state index in [1.54, 1.807) is 16.4 Å². The number of nitrogens with zero attached hydrogens (tertiary/aromatic N) is 4. The van der Waals surface area contributed by atoms with Crippen molar-refractivity contribution in [1.82, 2.24) is 14.8 Å². The highest BCUT2D eigenvalue weighted by Gasteiger charge is 2.42. The number of para-hydroxylation sites is 2. The van der Waals surface area contributed by atoms with Crippen LogP contribution in [-0.4, -0.2) is 79.9 Å². The summed E-state index contributed by atoms with van der Waals surface area (Å²) in [5.74, 6) is -0.531. The number of oxazole rings is 1. The van der Waals surface area contributed by atoms with Gasteiger partial charge in [0.15, 0.2) is 5.58 Å². The number of amides is 1. The molecule has 0 spiro atoms. The van der Waals surface area contributed by atoms with E-state index in [9.17, 15) is 18.4 Å². The van der Waals surface area contributed by atoms with Gasteiger partial charge in [-0.3, -0.25) is 10.0 Å². The molecule has 0 bridgehead atoms. The van der Waals surface area contributed by atoms with Crippen molar-refractivity contribution in [2.45, 2.75) is 31.4 Å². The molecule has 2 saturated heterocycles. The number of rotatable bonds is 9. The van der Waals surface area contributed by atoms with Gasteiger partial charge < -0.3 is 19.0 Å². The number of piperazine rings is 1. The van der Waals surface area contributed by atoms with Crippen molar-refractivity contribution in [2.24, 2.45) is 5.92 Å². The van der Waals surface area contributed by atoms with Crippen LogP contribution < -0.4 is 20.0 Å². The third-order valence-corrected chi connectivity index (χ3v) is 9.70. The predicted molar refractivity (Wildman–Crippen MR) is 148 cm³/mol. The molecule has 11 nitrogen and oxygen atoms in total. The summed E-state index contributed by atoms with van der Waals surface area (Å²) < 4.78 is 40.7. The quantitative estimate of drug-likeness (QED) is 0.232. The minimum Gasteiger partial charge on any atom is -0.494 e. The lowest BCUT2D eigenvalue weighted by Gasteiger charge is -2.40. The van der Waals surface area contributed by atoms with Crippen molar-refractivity contribution in [3.63, 3.8) is 0 Å². The Morgan fingerprint density at radius 2 is 1.82 bits per heavy atom. The molecule has 12 heteroatoms. The number of fused-ring (bicyclic) bond motifs is 1. The molecule has 2 aromatic carbocycles. The minimum absolute atomic E-state index is 0.102. The molecule has 2 fully saturated rings. The fraction of sp³-hybridized carbons (Fsp3) is 0.481. The fourth-order valence-electron chi connectivity index (χ4n) is 5.20. The molecule has 0 saturated carbocycles. The molecule has 0 radical (unpaired) electrons. The third kappa shape index (κ3) is 5.97. The van der Waals surface area contributed by atoms with E-state index < -0.39 is 27.1 Å². The van der Waals surface area contributed by atoms with Gasteiger partial charge in [0.1, 0.15) is 11.3 Å². The summed E-state index contributed by atoms with van der Waals surface area (Å²) >= 11 is 0. The first-order chi connectivity index (χ1) is 18.9. The third-order valence-electron chi connectivity index (χ3n) is 7.43. The number of carbonyl (C=O) groups is 1. The van der Waals surface area contributed by atoms with Gasteiger partial charge in [-0.05, 0) is 49.2 Å². The van der Waals surface area contributed by atoms with Gasteiger partial charge in [0.25, 0.3) is 6.01 Å². The van der Waals surface area contributed by atoms with Gasteiger partial charge in [-0.25, -0.2) is 13.9 Å². The summed E-state index contributed by atoms with van der Waals surface area (Å²) in [6, 6.07) is 15.4. The minimum atomic E-state index is -3.74. The molecule has 3 aromatic rings. The molecule has 210 valence electrons. The number of nitrogens with one attached hydrogen (secondary N) is 1. The maximum absolute atomic E-state index is 13.8. The van der Waals surface area contributed by atoms with Crippen molar-refractivity contribution in [2.75, 3.05) is 55.7 Å². The van der Waals surface area contributed by atoms with Crippen LogP contribution in [-0.2, 0) is 14.8 Å². The van der Waals surface area contributed by atoms with E-state index in [0.717, 1.165) is 24.3 Å². The van der Waals surface area contributed by atoms with Gasteiger partial charge in [0.05, 0.1) is 17.8 Å². The zero-order chi connectivity index (χ0) is 27.4. The lowest BCUT2D eigenvalue weighted by atomic mass is 9.97. The SMILES string of the molecule is CCCCOc1ccc(N2CCN(S(=O)(=O)C3CC(C(=O)NO)CN(c4nc5ccccc5o4)C3)CC2)cc1. The number of hydroxylamine groups is 1. The number of aromatic nitrogens is 1. The van der Waals surface area contributed by atoms with E-state index in [1.165, 1.54) is 4.31 Å². The van der Waals surface area contributed by atoms with E-state index in [4.69, 9.17) is 9.15 Å². The standard InChI is InChI=1S/C27H35N5O6S/c1-2-3-16-37-22-10-8-21(9-11-22)30-12-14-32(15-13-30)39(35,36)23-17-20(26(33)29-34)18-31(19-23)27-28-24-6-4-5-7-25(24)38-27/h4-11,20,23,34H,2-3,12-19H2,1H3,(H,29,33). The molecule has 2 atom stereocenters. The second kappa shape index (κ2) is 11.8. The zero-order valence-corrected chi connectivity index (χ0v) is 22.8. The highest BCUT2D eigenvalue weighted by atomic mass is 32.2. The van der Waals surface area contributed by atoms with Crippen molar-refractivity contribution < 1.29 is 27.6 Å². The van der Waals surface area contributed by atoms with Crippen LogP contribution in [0.15, 0.2) is 52.9 Å². The summed E-state index contributed by atoms with van der Waals surface area (Å²) in [6.45, 7) is 4.94. The number of hydrogen-bond acceptors (Lipinski definition) is 9. The Morgan fingerprint density at radius 3 is 2.51 bits per heavy atom. The van der Waals surface area contributed by atoms with Crippen molar-refractivity contribution in [3.05, 3.63) is 48.5 Å². The Labute approximate surface area is 228 Å². The molecular weight excluding hydrogens is 522 g/mol. The molecule has 3 heterocycles. The molecule has 5 rings (SSSR count).